The van der Waals surface area contributed by atoms with Crippen LogP contribution in [0.4, 0.5) is 0 Å². The van der Waals surface area contributed by atoms with Gasteiger partial charge in [0, 0.05) is 10.8 Å². The number of hydrogen-bond acceptors (Lipinski definition) is 3. The molecule has 2 heterocycles. The molecule has 1 atom stereocenters. The minimum absolute atomic E-state index is 0. The lowest BCUT2D eigenvalue weighted by atomic mass is 9.91. The molecule has 0 aromatic carbocycles. The van der Waals surface area contributed by atoms with Crippen molar-refractivity contribution in [2.24, 2.45) is 11.8 Å². The molecule has 1 unspecified atom stereocenters. The quantitative estimate of drug-likeness (QED) is 0.833. The molecule has 1 aliphatic rings. The van der Waals surface area contributed by atoms with Crippen molar-refractivity contribution in [3.05, 3.63) is 22.4 Å². The van der Waals surface area contributed by atoms with Crippen molar-refractivity contribution in [3.8, 4) is 0 Å². The molecule has 5 heteroatoms. The average Bonchev–Trinajstić information content (AvgIpc) is 3.02. The van der Waals surface area contributed by atoms with Gasteiger partial charge in [-0.1, -0.05) is 32.8 Å². The molecule has 0 spiro atoms. The third-order valence-corrected chi connectivity index (χ3v) is 5.33. The number of nitrogens with one attached hydrogen (secondary N) is 2. The molecule has 0 saturated carbocycles. The van der Waals surface area contributed by atoms with Crippen LogP contribution in [0.15, 0.2) is 17.5 Å². The highest BCUT2D eigenvalue weighted by Gasteiger charge is 2.27. The van der Waals surface area contributed by atoms with Gasteiger partial charge >= 0.3 is 0 Å². The maximum atomic E-state index is 12.5. The van der Waals surface area contributed by atoms with Gasteiger partial charge in [0.25, 0.3) is 0 Å². The fraction of sp³-hybridized carbons (Fsp3) is 0.688. The summed E-state index contributed by atoms with van der Waals surface area (Å²) in [6.07, 6.45) is 4.13. The Labute approximate surface area is 138 Å². The number of thiophene rings is 1. The second kappa shape index (κ2) is 9.44. The van der Waals surface area contributed by atoms with E-state index >= 15 is 0 Å². The fourth-order valence-corrected chi connectivity index (χ4v) is 3.87. The summed E-state index contributed by atoms with van der Waals surface area (Å²) in [5.41, 5.74) is 0. The largest absolute Gasteiger partial charge is 0.348 e. The zero-order valence-electron chi connectivity index (χ0n) is 12.9. The van der Waals surface area contributed by atoms with Crippen LogP contribution in [-0.4, -0.2) is 19.0 Å². The van der Waals surface area contributed by atoms with Crippen LogP contribution in [-0.2, 0) is 4.79 Å². The zero-order chi connectivity index (χ0) is 14.4. The Morgan fingerprint density at radius 2 is 2.05 bits per heavy atom. The van der Waals surface area contributed by atoms with Gasteiger partial charge in [-0.3, -0.25) is 4.79 Å². The van der Waals surface area contributed by atoms with Crippen molar-refractivity contribution in [1.29, 1.82) is 0 Å². The molecule has 1 saturated heterocycles. The van der Waals surface area contributed by atoms with Crippen molar-refractivity contribution in [2.75, 3.05) is 13.1 Å². The number of amides is 1. The molecular weight excluding hydrogens is 304 g/mol. The van der Waals surface area contributed by atoms with Crippen LogP contribution < -0.4 is 10.6 Å². The van der Waals surface area contributed by atoms with E-state index < -0.39 is 0 Å². The molecule has 1 aliphatic heterocycles. The van der Waals surface area contributed by atoms with Gasteiger partial charge in [0.15, 0.2) is 0 Å². The second-order valence-corrected chi connectivity index (χ2v) is 6.58. The fourth-order valence-electron chi connectivity index (χ4n) is 3.00. The second-order valence-electron chi connectivity index (χ2n) is 5.60. The Bertz CT molecular complexity index is 400. The summed E-state index contributed by atoms with van der Waals surface area (Å²) in [6.45, 7) is 6.36. The van der Waals surface area contributed by atoms with Crippen molar-refractivity contribution < 1.29 is 4.79 Å². The van der Waals surface area contributed by atoms with Gasteiger partial charge < -0.3 is 10.6 Å². The minimum atomic E-state index is 0. The van der Waals surface area contributed by atoms with Crippen LogP contribution >= 0.6 is 23.7 Å². The van der Waals surface area contributed by atoms with Crippen LogP contribution in [0.2, 0.25) is 0 Å². The third kappa shape index (κ3) is 4.97. The number of halogens is 1. The molecule has 21 heavy (non-hydrogen) atoms. The normalized spacial score (nSPS) is 17.3. The molecule has 0 aliphatic carbocycles. The van der Waals surface area contributed by atoms with Gasteiger partial charge in [-0.05, 0) is 43.3 Å². The summed E-state index contributed by atoms with van der Waals surface area (Å²) >= 11 is 1.75. The average molecular weight is 331 g/mol. The Hall–Kier alpha value is -0.580. The van der Waals surface area contributed by atoms with Crippen LogP contribution in [0, 0.1) is 11.8 Å². The Morgan fingerprint density at radius 3 is 2.57 bits per heavy atom. The lowest BCUT2D eigenvalue weighted by Crippen LogP contribution is -2.41. The van der Waals surface area contributed by atoms with Gasteiger partial charge in [0.2, 0.25) is 5.91 Å². The number of piperidine rings is 1. The van der Waals surface area contributed by atoms with Gasteiger partial charge in [-0.25, -0.2) is 0 Å². The highest BCUT2D eigenvalue weighted by molar-refractivity contribution is 7.10. The lowest BCUT2D eigenvalue weighted by Gasteiger charge is -2.29. The third-order valence-electron chi connectivity index (χ3n) is 4.38. The molecule has 3 nitrogen and oxygen atoms in total. The van der Waals surface area contributed by atoms with Gasteiger partial charge in [0.1, 0.15) is 0 Å². The van der Waals surface area contributed by atoms with E-state index in [-0.39, 0.29) is 30.3 Å². The van der Waals surface area contributed by atoms with E-state index in [9.17, 15) is 4.79 Å². The Kier molecular flexibility index (Phi) is 8.30. The van der Waals surface area contributed by atoms with Crippen molar-refractivity contribution >= 4 is 29.7 Å². The predicted octanol–water partition coefficient (Wildman–Crippen LogP) is 3.76. The molecule has 1 aromatic heterocycles. The molecule has 2 rings (SSSR count). The van der Waals surface area contributed by atoms with E-state index in [1.807, 2.05) is 0 Å². The van der Waals surface area contributed by atoms with Crippen LogP contribution in [0.5, 0.6) is 0 Å². The number of rotatable bonds is 6. The first-order valence-electron chi connectivity index (χ1n) is 7.80. The molecule has 1 aromatic rings. The van der Waals surface area contributed by atoms with Gasteiger partial charge in [0.05, 0.1) is 6.04 Å². The van der Waals surface area contributed by atoms with E-state index in [4.69, 9.17) is 0 Å². The van der Waals surface area contributed by atoms with E-state index in [0.29, 0.717) is 5.92 Å². The molecule has 0 radical (unpaired) electrons. The first-order chi connectivity index (χ1) is 9.76. The highest BCUT2D eigenvalue weighted by Crippen LogP contribution is 2.31. The van der Waals surface area contributed by atoms with E-state index in [0.717, 1.165) is 38.8 Å². The van der Waals surface area contributed by atoms with Crippen LogP contribution in [0.1, 0.15) is 50.4 Å². The van der Waals surface area contributed by atoms with E-state index in [2.05, 4.69) is 42.0 Å². The predicted molar refractivity (Wildman–Crippen MR) is 92.1 cm³/mol. The topological polar surface area (TPSA) is 41.1 Å². The first-order valence-corrected chi connectivity index (χ1v) is 8.68. The molecule has 0 bridgehead atoms. The SMILES string of the molecule is CCC(CC)C(NC(=O)C1CCNCC1)c1cccs1.Cl. The minimum Gasteiger partial charge on any atom is -0.348 e. The molecular formula is C16H27ClN2OS. The van der Waals surface area contributed by atoms with E-state index in [1.54, 1.807) is 11.3 Å². The Balaban J connectivity index is 0.00000220. The molecule has 120 valence electrons. The molecule has 2 N–H and O–H groups in total. The lowest BCUT2D eigenvalue weighted by molar-refractivity contribution is -0.126. The number of carbonyl (C=O) groups is 1. The summed E-state index contributed by atoms with van der Waals surface area (Å²) in [4.78, 5) is 13.8. The summed E-state index contributed by atoms with van der Waals surface area (Å²) in [5.74, 6) is 0.962. The number of hydrogen-bond donors (Lipinski definition) is 2. The van der Waals surface area contributed by atoms with Crippen LogP contribution in [0.3, 0.4) is 0 Å². The number of carbonyl (C=O) groups excluding carboxylic acids is 1. The van der Waals surface area contributed by atoms with Gasteiger partial charge in [-0.15, -0.1) is 23.7 Å². The summed E-state index contributed by atoms with van der Waals surface area (Å²) in [5, 5.41) is 8.75. The smallest absolute Gasteiger partial charge is 0.223 e. The van der Waals surface area contributed by atoms with Crippen LogP contribution in [0.25, 0.3) is 0 Å². The molecule has 1 fully saturated rings. The van der Waals surface area contributed by atoms with Gasteiger partial charge in [-0.2, -0.15) is 0 Å². The maximum Gasteiger partial charge on any atom is 0.223 e. The van der Waals surface area contributed by atoms with E-state index in [1.165, 1.54) is 4.88 Å². The zero-order valence-corrected chi connectivity index (χ0v) is 14.6. The summed E-state index contributed by atoms with van der Waals surface area (Å²) in [6, 6.07) is 4.41. The van der Waals surface area contributed by atoms with Crippen molar-refractivity contribution in [1.82, 2.24) is 10.6 Å². The monoisotopic (exact) mass is 330 g/mol. The summed E-state index contributed by atoms with van der Waals surface area (Å²) < 4.78 is 0. The van der Waals surface area contributed by atoms with Crippen molar-refractivity contribution in [3.63, 3.8) is 0 Å². The van der Waals surface area contributed by atoms with Crippen molar-refractivity contribution in [2.45, 2.75) is 45.6 Å². The highest BCUT2D eigenvalue weighted by atomic mass is 35.5. The standard InChI is InChI=1S/C16H26N2OS.ClH/c1-3-12(4-2)15(14-6-5-11-20-14)18-16(19)13-7-9-17-10-8-13;/h5-6,11-13,15,17H,3-4,7-10H2,1-2H3,(H,18,19);1H. The summed E-state index contributed by atoms with van der Waals surface area (Å²) in [7, 11) is 0. The molecule has 1 amide bonds. The first kappa shape index (κ1) is 18.5. The maximum absolute atomic E-state index is 12.5. The Morgan fingerprint density at radius 1 is 1.38 bits per heavy atom.